The Morgan fingerprint density at radius 2 is 1.56 bits per heavy atom. The molecule has 0 spiro atoms. The summed E-state index contributed by atoms with van der Waals surface area (Å²) in [5, 5.41) is 9.61. The molecule has 4 aromatic carbocycles. The van der Waals surface area contributed by atoms with Gasteiger partial charge in [-0.2, -0.15) is 0 Å². The molecule has 1 aliphatic rings. The number of pyridine rings is 1. The topological polar surface area (TPSA) is 50.2 Å². The minimum absolute atomic E-state index is 0. The summed E-state index contributed by atoms with van der Waals surface area (Å²) in [6.07, 6.45) is 2.23. The van der Waals surface area contributed by atoms with Crippen LogP contribution in [0.5, 0.6) is 0 Å². The second-order valence-electron chi connectivity index (χ2n) is 10.4. The zero-order valence-corrected chi connectivity index (χ0v) is 26.8. The average molecular weight is 735 g/mol. The second kappa shape index (κ2) is 13.4. The number of fused-ring (bicyclic) bond motifs is 6. The van der Waals surface area contributed by atoms with Gasteiger partial charge in [-0.3, -0.25) is 9.78 Å². The molecule has 0 amide bonds. The van der Waals surface area contributed by atoms with Gasteiger partial charge in [-0.05, 0) is 60.7 Å². The molecule has 0 bridgehead atoms. The Kier molecular flexibility index (Phi) is 9.98. The molecule has 41 heavy (non-hydrogen) atoms. The van der Waals surface area contributed by atoms with Gasteiger partial charge in [0.1, 0.15) is 0 Å². The van der Waals surface area contributed by atoms with Gasteiger partial charge in [-0.1, -0.05) is 96.6 Å². The summed E-state index contributed by atoms with van der Waals surface area (Å²) in [4.78, 5) is 17.6. The average Bonchev–Trinajstić information content (AvgIpc) is 3.06. The number of aliphatic hydroxyl groups excluding tert-OH is 1. The number of ketones is 1. The fourth-order valence-electron chi connectivity index (χ4n) is 5.04. The third kappa shape index (κ3) is 7.05. The Labute approximate surface area is 260 Å². The Morgan fingerprint density at radius 3 is 2.22 bits per heavy atom. The van der Waals surface area contributed by atoms with Gasteiger partial charge >= 0.3 is 0 Å². The van der Waals surface area contributed by atoms with E-state index in [9.17, 15) is 4.79 Å². The van der Waals surface area contributed by atoms with E-state index in [4.69, 9.17) is 10.1 Å². The molecule has 0 saturated carbocycles. The molecule has 5 heteroatoms. The minimum atomic E-state index is -0.125. The van der Waals surface area contributed by atoms with Crippen LogP contribution in [0.1, 0.15) is 33.3 Å². The van der Waals surface area contributed by atoms with Gasteiger partial charge in [0.05, 0.1) is 11.3 Å². The number of carbonyl (C=O) groups is 1. The van der Waals surface area contributed by atoms with Crippen LogP contribution in [0.4, 0.5) is 0 Å². The van der Waals surface area contributed by atoms with Crippen LogP contribution in [-0.2, 0) is 31.3 Å². The number of hydrogen-bond donors (Lipinski definition) is 1. The van der Waals surface area contributed by atoms with Crippen molar-refractivity contribution in [2.24, 2.45) is 5.92 Å². The monoisotopic (exact) mass is 735 g/mol. The van der Waals surface area contributed by atoms with E-state index in [0.29, 0.717) is 5.92 Å². The predicted octanol–water partition coefficient (Wildman–Crippen LogP) is 9.73. The van der Waals surface area contributed by atoms with Crippen LogP contribution < -0.4 is 0 Å². The van der Waals surface area contributed by atoms with E-state index in [0.717, 1.165) is 23.2 Å². The van der Waals surface area contributed by atoms with E-state index in [1.54, 1.807) is 0 Å². The molecular formula is C36H32IrNO2S-. The fourth-order valence-corrected chi connectivity index (χ4v) is 6.17. The predicted molar refractivity (Wildman–Crippen MR) is 167 cm³/mol. The first kappa shape index (κ1) is 30.5. The number of aromatic nitrogens is 1. The standard InChI is InChI=1S/C31H24NS.C5H8O2.Ir/c1-20(2)18-21-8-7-12-29-23(21)16-17-28(32-29)22-14-15-27-25-10-4-3-9-24(25)26-11-5-6-13-30(26)33-31(27)19-22;1-4(6)3-5(2)7;/h3-13,15-17,19-20H,18H2,1-2H3;3,6H,1-2H3;/q-1;;/b;4-3-;. The molecule has 1 N–H and O–H groups in total. The maximum atomic E-state index is 10.0. The molecule has 0 aliphatic carbocycles. The summed E-state index contributed by atoms with van der Waals surface area (Å²) in [7, 11) is 0. The molecule has 5 aromatic rings. The van der Waals surface area contributed by atoms with E-state index in [1.165, 1.54) is 62.9 Å². The summed E-state index contributed by atoms with van der Waals surface area (Å²) >= 11 is 1.83. The van der Waals surface area contributed by atoms with Gasteiger partial charge in [0, 0.05) is 36.5 Å². The first-order chi connectivity index (χ1) is 19.3. The van der Waals surface area contributed by atoms with Gasteiger partial charge < -0.3 is 5.11 Å². The zero-order valence-electron chi connectivity index (χ0n) is 23.6. The quantitative estimate of drug-likeness (QED) is 0.111. The van der Waals surface area contributed by atoms with E-state index in [1.807, 2.05) is 11.8 Å². The maximum absolute atomic E-state index is 10.0. The van der Waals surface area contributed by atoms with Crippen LogP contribution in [0, 0.1) is 12.0 Å². The number of benzene rings is 4. The van der Waals surface area contributed by atoms with Crippen LogP contribution in [0.3, 0.4) is 0 Å². The Hall–Kier alpha value is -3.50. The largest absolute Gasteiger partial charge is 0.512 e. The fraction of sp³-hybridized carbons (Fsp3) is 0.167. The van der Waals surface area contributed by atoms with Gasteiger partial charge in [0.25, 0.3) is 0 Å². The summed E-state index contributed by atoms with van der Waals surface area (Å²) in [6.45, 7) is 7.37. The summed E-state index contributed by atoms with van der Waals surface area (Å²) in [5.41, 5.74) is 9.49. The van der Waals surface area contributed by atoms with Crippen molar-refractivity contribution >= 4 is 28.4 Å². The van der Waals surface area contributed by atoms with Gasteiger partial charge in [-0.15, -0.1) is 35.5 Å². The zero-order chi connectivity index (χ0) is 28.2. The molecule has 6 rings (SSSR count). The molecule has 209 valence electrons. The van der Waals surface area contributed by atoms with Crippen molar-refractivity contribution in [3.05, 3.63) is 114 Å². The van der Waals surface area contributed by atoms with E-state index in [2.05, 4.69) is 111 Å². The SMILES string of the molecule is CC(=O)/C=C(/C)O.CC(C)Cc1cccc2nc(-c3[c-]cc4c(c3)Sc3ccccc3-c3ccccc3-4)ccc12.[Ir]. The Morgan fingerprint density at radius 1 is 0.878 bits per heavy atom. The van der Waals surface area contributed by atoms with E-state index in [-0.39, 0.29) is 31.6 Å². The van der Waals surface area contributed by atoms with Crippen LogP contribution in [0.25, 0.3) is 44.4 Å². The maximum Gasteiger partial charge on any atom is 0.155 e. The molecule has 2 heterocycles. The second-order valence-corrected chi connectivity index (χ2v) is 11.5. The van der Waals surface area contributed by atoms with Crippen molar-refractivity contribution in [2.45, 2.75) is 43.9 Å². The van der Waals surface area contributed by atoms with E-state index >= 15 is 0 Å². The normalized spacial score (nSPS) is 11.8. The van der Waals surface area contributed by atoms with Crippen LogP contribution in [-0.4, -0.2) is 15.9 Å². The summed E-state index contributed by atoms with van der Waals surface area (Å²) in [6, 6.07) is 36.1. The molecule has 1 aromatic heterocycles. The van der Waals surface area contributed by atoms with Gasteiger partial charge in [0.2, 0.25) is 0 Å². The smallest absolute Gasteiger partial charge is 0.155 e. The first-order valence-corrected chi connectivity index (χ1v) is 14.3. The number of allylic oxidation sites excluding steroid dienone is 2. The number of rotatable bonds is 4. The molecule has 0 saturated heterocycles. The van der Waals surface area contributed by atoms with Crippen LogP contribution >= 0.6 is 11.8 Å². The number of nitrogens with zero attached hydrogens (tertiary/aromatic N) is 1. The molecule has 0 fully saturated rings. The van der Waals surface area contributed by atoms with Crippen LogP contribution in [0.2, 0.25) is 0 Å². The molecule has 1 aliphatic heterocycles. The number of carbonyl (C=O) groups excluding carboxylic acids is 1. The van der Waals surface area contributed by atoms with Gasteiger partial charge in [0.15, 0.2) is 5.78 Å². The molecule has 1 radical (unpaired) electrons. The third-order valence-corrected chi connectivity index (χ3v) is 7.80. The van der Waals surface area contributed by atoms with Crippen molar-refractivity contribution in [3.8, 4) is 33.5 Å². The Balaban J connectivity index is 0.000000434. The molecular weight excluding hydrogens is 703 g/mol. The van der Waals surface area contributed by atoms with Crippen molar-refractivity contribution < 1.29 is 30.0 Å². The van der Waals surface area contributed by atoms with Crippen molar-refractivity contribution in [1.82, 2.24) is 4.98 Å². The van der Waals surface area contributed by atoms with Crippen molar-refractivity contribution in [3.63, 3.8) is 0 Å². The Bertz CT molecular complexity index is 1740. The van der Waals surface area contributed by atoms with Crippen molar-refractivity contribution in [2.75, 3.05) is 0 Å². The minimum Gasteiger partial charge on any atom is -0.512 e. The number of hydrogen-bond acceptors (Lipinski definition) is 4. The van der Waals surface area contributed by atoms with Crippen LogP contribution in [0.15, 0.2) is 113 Å². The van der Waals surface area contributed by atoms with E-state index < -0.39 is 0 Å². The van der Waals surface area contributed by atoms with Crippen molar-refractivity contribution in [1.29, 1.82) is 0 Å². The first-order valence-electron chi connectivity index (χ1n) is 13.5. The molecule has 0 atom stereocenters. The number of aliphatic hydroxyl groups is 1. The summed E-state index contributed by atoms with van der Waals surface area (Å²) < 4.78 is 0. The molecule has 0 unspecified atom stereocenters. The summed E-state index contributed by atoms with van der Waals surface area (Å²) in [5.74, 6) is 0.559. The third-order valence-electron chi connectivity index (χ3n) is 6.67. The molecule has 3 nitrogen and oxygen atoms in total. The van der Waals surface area contributed by atoms with Gasteiger partial charge in [-0.25, -0.2) is 0 Å².